The summed E-state index contributed by atoms with van der Waals surface area (Å²) in [6, 6.07) is 0. The molecule has 80 valence electrons. The largest absolute Gasteiger partial charge is 0.381 e. The molecule has 1 heterocycles. The molecule has 0 bridgehead atoms. The van der Waals surface area contributed by atoms with Gasteiger partial charge in [0.05, 0.1) is 0 Å². The first-order valence-corrected chi connectivity index (χ1v) is 5.79. The van der Waals surface area contributed by atoms with Crippen molar-refractivity contribution in [3.8, 4) is 0 Å². The van der Waals surface area contributed by atoms with E-state index in [0.29, 0.717) is 0 Å². The minimum atomic E-state index is 0.807. The van der Waals surface area contributed by atoms with Crippen molar-refractivity contribution >= 4 is 0 Å². The molecule has 2 atom stereocenters. The van der Waals surface area contributed by atoms with Crippen LogP contribution in [-0.2, 0) is 4.74 Å². The smallest absolute Gasteiger partial charge is 0.0496 e. The molecule has 13 heavy (non-hydrogen) atoms. The van der Waals surface area contributed by atoms with Gasteiger partial charge in [-0.25, -0.2) is 0 Å². The second-order valence-corrected chi connectivity index (χ2v) is 4.08. The highest BCUT2D eigenvalue weighted by molar-refractivity contribution is 4.71. The van der Waals surface area contributed by atoms with Crippen LogP contribution in [0.5, 0.6) is 0 Å². The Kier molecular flexibility index (Phi) is 7.35. The van der Waals surface area contributed by atoms with Crippen molar-refractivity contribution in [1.82, 2.24) is 0 Å². The molecule has 0 spiro atoms. The highest BCUT2D eigenvalue weighted by Crippen LogP contribution is 2.27. The summed E-state index contributed by atoms with van der Waals surface area (Å²) in [6.07, 6.45) is 2.64. The zero-order chi connectivity index (χ0) is 10.3. The minimum absolute atomic E-state index is 0.807. The highest BCUT2D eigenvalue weighted by atomic mass is 16.5. The molecule has 0 amide bonds. The molecular formula is C12H26O. The fraction of sp³-hybridized carbons (Fsp3) is 1.00. The first-order chi connectivity index (χ1) is 6.22. The van der Waals surface area contributed by atoms with Gasteiger partial charge in [-0.2, -0.15) is 0 Å². The Balaban J connectivity index is 0.000000671. The maximum atomic E-state index is 5.45. The van der Waals surface area contributed by atoms with Gasteiger partial charge in [0.15, 0.2) is 0 Å². The quantitative estimate of drug-likeness (QED) is 0.638. The van der Waals surface area contributed by atoms with Crippen molar-refractivity contribution in [2.75, 3.05) is 13.2 Å². The van der Waals surface area contributed by atoms with E-state index in [4.69, 9.17) is 4.74 Å². The second kappa shape index (κ2) is 7.37. The molecule has 1 heteroatoms. The summed E-state index contributed by atoms with van der Waals surface area (Å²) in [5.41, 5.74) is 0. The van der Waals surface area contributed by atoms with E-state index in [2.05, 4.69) is 20.8 Å². The van der Waals surface area contributed by atoms with E-state index < -0.39 is 0 Å². The third kappa shape index (κ3) is 4.66. The molecule has 1 aliphatic heterocycles. The van der Waals surface area contributed by atoms with Gasteiger partial charge < -0.3 is 4.74 Å². The number of hydrogen-bond acceptors (Lipinski definition) is 1. The first kappa shape index (κ1) is 13.0. The van der Waals surface area contributed by atoms with Crippen LogP contribution < -0.4 is 0 Å². The van der Waals surface area contributed by atoms with Crippen molar-refractivity contribution in [2.45, 2.75) is 47.5 Å². The van der Waals surface area contributed by atoms with Crippen molar-refractivity contribution in [3.63, 3.8) is 0 Å². The average molecular weight is 186 g/mol. The summed E-state index contributed by atoms with van der Waals surface area (Å²) < 4.78 is 5.45. The Hall–Kier alpha value is -0.0400. The molecule has 1 aliphatic rings. The van der Waals surface area contributed by atoms with Crippen molar-refractivity contribution in [1.29, 1.82) is 0 Å². The van der Waals surface area contributed by atoms with Crippen LogP contribution in [0.15, 0.2) is 0 Å². The lowest BCUT2D eigenvalue weighted by atomic mass is 9.82. The molecule has 1 saturated heterocycles. The third-order valence-corrected chi connectivity index (χ3v) is 2.99. The molecule has 0 aromatic heterocycles. The van der Waals surface area contributed by atoms with Crippen molar-refractivity contribution < 1.29 is 4.74 Å². The molecule has 0 N–H and O–H groups in total. The van der Waals surface area contributed by atoms with E-state index in [1.165, 1.54) is 12.8 Å². The second-order valence-electron chi connectivity index (χ2n) is 4.08. The van der Waals surface area contributed by atoms with Crippen LogP contribution >= 0.6 is 0 Å². The summed E-state index contributed by atoms with van der Waals surface area (Å²) in [5.74, 6) is 2.46. The Morgan fingerprint density at radius 1 is 1.15 bits per heavy atom. The SMILES string of the molecule is CC.CC(C)C(C)C1CCCOC1. The van der Waals surface area contributed by atoms with Gasteiger partial charge in [-0.3, -0.25) is 0 Å². The number of rotatable bonds is 2. The summed E-state index contributed by atoms with van der Waals surface area (Å²) in [4.78, 5) is 0. The monoisotopic (exact) mass is 186 g/mol. The summed E-state index contributed by atoms with van der Waals surface area (Å²) in [5, 5.41) is 0. The molecule has 0 radical (unpaired) electrons. The van der Waals surface area contributed by atoms with Crippen LogP contribution in [0.25, 0.3) is 0 Å². The molecule has 1 rings (SSSR count). The zero-order valence-electron chi connectivity index (χ0n) is 9.97. The predicted molar refractivity (Wildman–Crippen MR) is 58.9 cm³/mol. The van der Waals surface area contributed by atoms with Crippen molar-refractivity contribution in [3.05, 3.63) is 0 Å². The van der Waals surface area contributed by atoms with Crippen LogP contribution in [0.1, 0.15) is 47.5 Å². The Bertz CT molecular complexity index is 104. The summed E-state index contributed by atoms with van der Waals surface area (Å²) >= 11 is 0. The highest BCUT2D eigenvalue weighted by Gasteiger charge is 2.22. The molecule has 0 aliphatic carbocycles. The zero-order valence-corrected chi connectivity index (χ0v) is 9.97. The topological polar surface area (TPSA) is 9.23 Å². The normalized spacial score (nSPS) is 24.9. The standard InChI is InChI=1S/C10H20O.C2H6/c1-8(2)9(3)10-5-4-6-11-7-10;1-2/h8-10H,4-7H2,1-3H3;1-2H3. The van der Waals surface area contributed by atoms with Gasteiger partial charge in [-0.05, 0) is 30.6 Å². The van der Waals surface area contributed by atoms with Crippen molar-refractivity contribution in [2.24, 2.45) is 17.8 Å². The van der Waals surface area contributed by atoms with Gasteiger partial charge in [0.1, 0.15) is 0 Å². The maximum absolute atomic E-state index is 5.45. The van der Waals surface area contributed by atoms with E-state index in [1.807, 2.05) is 13.8 Å². The molecule has 1 fully saturated rings. The van der Waals surface area contributed by atoms with Gasteiger partial charge in [-0.1, -0.05) is 34.6 Å². The van der Waals surface area contributed by atoms with Crippen LogP contribution in [0.2, 0.25) is 0 Å². The third-order valence-electron chi connectivity index (χ3n) is 2.99. The molecule has 1 nitrogen and oxygen atoms in total. The fourth-order valence-corrected chi connectivity index (χ4v) is 1.72. The Labute approximate surface area is 83.9 Å². The van der Waals surface area contributed by atoms with Crippen LogP contribution in [0.4, 0.5) is 0 Å². The minimum Gasteiger partial charge on any atom is -0.381 e. The van der Waals surface area contributed by atoms with E-state index in [1.54, 1.807) is 0 Å². The van der Waals surface area contributed by atoms with E-state index in [0.717, 1.165) is 31.0 Å². The predicted octanol–water partition coefficient (Wildman–Crippen LogP) is 3.73. The fourth-order valence-electron chi connectivity index (χ4n) is 1.72. The molecule has 2 unspecified atom stereocenters. The van der Waals surface area contributed by atoms with Crippen LogP contribution in [0.3, 0.4) is 0 Å². The van der Waals surface area contributed by atoms with E-state index >= 15 is 0 Å². The van der Waals surface area contributed by atoms with Crippen LogP contribution in [0, 0.1) is 17.8 Å². The van der Waals surface area contributed by atoms with Gasteiger partial charge in [0.25, 0.3) is 0 Å². The van der Waals surface area contributed by atoms with Crippen LogP contribution in [-0.4, -0.2) is 13.2 Å². The molecule has 0 saturated carbocycles. The lowest BCUT2D eigenvalue weighted by molar-refractivity contribution is 0.0247. The van der Waals surface area contributed by atoms with E-state index in [-0.39, 0.29) is 0 Å². The Morgan fingerprint density at radius 2 is 1.77 bits per heavy atom. The van der Waals surface area contributed by atoms with E-state index in [9.17, 15) is 0 Å². The molecule has 0 aromatic rings. The summed E-state index contributed by atoms with van der Waals surface area (Å²) in [7, 11) is 0. The first-order valence-electron chi connectivity index (χ1n) is 5.79. The average Bonchev–Trinajstić information content (AvgIpc) is 2.21. The summed E-state index contributed by atoms with van der Waals surface area (Å²) in [6.45, 7) is 12.9. The maximum Gasteiger partial charge on any atom is 0.0496 e. The number of hydrogen-bond donors (Lipinski definition) is 0. The van der Waals surface area contributed by atoms with Gasteiger partial charge >= 0.3 is 0 Å². The molecule has 0 aromatic carbocycles. The lowest BCUT2D eigenvalue weighted by Gasteiger charge is -2.30. The lowest BCUT2D eigenvalue weighted by Crippen LogP contribution is -2.26. The van der Waals surface area contributed by atoms with Gasteiger partial charge in [0, 0.05) is 13.2 Å². The van der Waals surface area contributed by atoms with Gasteiger partial charge in [0.2, 0.25) is 0 Å². The van der Waals surface area contributed by atoms with Gasteiger partial charge in [-0.15, -0.1) is 0 Å². The Morgan fingerprint density at radius 3 is 2.15 bits per heavy atom. The molecular weight excluding hydrogens is 160 g/mol. The number of ether oxygens (including phenoxy) is 1.